The van der Waals surface area contributed by atoms with Crippen molar-refractivity contribution in [1.82, 2.24) is 0 Å². The number of hydrogen-bond donors (Lipinski definition) is 0. The van der Waals surface area contributed by atoms with Crippen molar-refractivity contribution in [1.29, 1.82) is 5.26 Å². The van der Waals surface area contributed by atoms with E-state index in [1.165, 1.54) is 6.07 Å². The van der Waals surface area contributed by atoms with Gasteiger partial charge in [-0.2, -0.15) is 5.26 Å². The van der Waals surface area contributed by atoms with E-state index in [0.717, 1.165) is 0 Å². The van der Waals surface area contributed by atoms with Crippen LogP contribution in [0.5, 0.6) is 0 Å². The molecule has 0 fully saturated rings. The molecule has 1 rings (SSSR count). The first-order chi connectivity index (χ1) is 13.3. The second kappa shape index (κ2) is 11.6. The quantitative estimate of drug-likeness (QED) is 0.372. The van der Waals surface area contributed by atoms with Crippen molar-refractivity contribution in [3.8, 4) is 6.07 Å². The molecule has 1 aromatic rings. The standard InChI is InChI=1S/C18H26NO8P/c1-5-23-17(20)14(11-19)9-13-10-15(18(21)24-6-2)27-16(13)12-28(22,25-7-3)26-8-4/h10,14H,5-9,12H2,1-4H3. The van der Waals surface area contributed by atoms with Crippen molar-refractivity contribution in [3.05, 3.63) is 23.2 Å². The van der Waals surface area contributed by atoms with Crippen molar-refractivity contribution >= 4 is 19.5 Å². The third-order valence-electron chi connectivity index (χ3n) is 3.51. The Bertz CT molecular complexity index is 741. The Balaban J connectivity index is 3.25. The number of esters is 2. The van der Waals surface area contributed by atoms with Crippen molar-refractivity contribution in [2.45, 2.75) is 40.3 Å². The van der Waals surface area contributed by atoms with Gasteiger partial charge in [0.2, 0.25) is 5.76 Å². The SMILES string of the molecule is CCOC(=O)c1cc(CC(C#N)C(=O)OCC)c(CP(=O)(OCC)OCC)o1. The molecule has 9 nitrogen and oxygen atoms in total. The summed E-state index contributed by atoms with van der Waals surface area (Å²) in [4.78, 5) is 24.0. The molecule has 0 radical (unpaired) electrons. The van der Waals surface area contributed by atoms with E-state index in [4.69, 9.17) is 22.9 Å². The maximum absolute atomic E-state index is 12.9. The molecule has 0 aliphatic rings. The summed E-state index contributed by atoms with van der Waals surface area (Å²) in [6, 6.07) is 3.25. The number of hydrogen-bond acceptors (Lipinski definition) is 9. The minimum atomic E-state index is -3.53. The Morgan fingerprint density at radius 3 is 2.21 bits per heavy atom. The minimum absolute atomic E-state index is 0.0776. The molecule has 1 atom stereocenters. The van der Waals surface area contributed by atoms with E-state index in [0.29, 0.717) is 5.56 Å². The van der Waals surface area contributed by atoms with Gasteiger partial charge in [-0.15, -0.1) is 0 Å². The first kappa shape index (κ1) is 23.9. The maximum atomic E-state index is 12.9. The predicted octanol–water partition coefficient (Wildman–Crippen LogP) is 3.47. The average Bonchev–Trinajstić information content (AvgIpc) is 3.02. The fourth-order valence-electron chi connectivity index (χ4n) is 2.42. The van der Waals surface area contributed by atoms with E-state index in [9.17, 15) is 19.4 Å². The number of carbonyl (C=O) groups is 2. The average molecular weight is 415 g/mol. The molecule has 28 heavy (non-hydrogen) atoms. The van der Waals surface area contributed by atoms with Gasteiger partial charge in [-0.1, -0.05) is 0 Å². The van der Waals surface area contributed by atoms with Crippen molar-refractivity contribution in [3.63, 3.8) is 0 Å². The van der Waals surface area contributed by atoms with Gasteiger partial charge in [0.1, 0.15) is 17.8 Å². The number of rotatable bonds is 12. The fraction of sp³-hybridized carbons (Fsp3) is 0.611. The van der Waals surface area contributed by atoms with Crippen LogP contribution >= 0.6 is 7.60 Å². The lowest BCUT2D eigenvalue weighted by molar-refractivity contribution is -0.145. The third kappa shape index (κ3) is 6.79. The highest BCUT2D eigenvalue weighted by Crippen LogP contribution is 2.52. The highest BCUT2D eigenvalue weighted by molar-refractivity contribution is 7.53. The zero-order valence-electron chi connectivity index (χ0n) is 16.6. The largest absolute Gasteiger partial charge is 0.465 e. The Kier molecular flexibility index (Phi) is 9.94. The second-order valence-electron chi connectivity index (χ2n) is 5.52. The number of nitriles is 1. The number of nitrogens with zero attached hydrogens (tertiary/aromatic N) is 1. The fourth-order valence-corrected chi connectivity index (χ4v) is 4.08. The zero-order valence-corrected chi connectivity index (χ0v) is 17.5. The van der Waals surface area contributed by atoms with E-state index < -0.39 is 25.5 Å². The molecular weight excluding hydrogens is 389 g/mol. The van der Waals surface area contributed by atoms with Gasteiger partial charge in [-0.25, -0.2) is 4.79 Å². The summed E-state index contributed by atoms with van der Waals surface area (Å²) in [5.41, 5.74) is 0.363. The molecule has 0 saturated carbocycles. The van der Waals surface area contributed by atoms with Gasteiger partial charge in [0.25, 0.3) is 0 Å². The maximum Gasteiger partial charge on any atom is 0.374 e. The third-order valence-corrected chi connectivity index (χ3v) is 5.49. The number of furan rings is 1. The van der Waals surface area contributed by atoms with Crippen LogP contribution in [0.3, 0.4) is 0 Å². The van der Waals surface area contributed by atoms with E-state index >= 15 is 0 Å². The molecule has 1 unspecified atom stereocenters. The summed E-state index contributed by atoms with van der Waals surface area (Å²) < 4.78 is 38.7. The first-order valence-corrected chi connectivity index (χ1v) is 10.8. The Hall–Kier alpha value is -2.14. The topological polar surface area (TPSA) is 125 Å². The van der Waals surface area contributed by atoms with Crippen LogP contribution < -0.4 is 0 Å². The summed E-state index contributed by atoms with van der Waals surface area (Å²) in [5, 5.41) is 9.30. The summed E-state index contributed by atoms with van der Waals surface area (Å²) in [7, 11) is -3.53. The highest BCUT2D eigenvalue weighted by Gasteiger charge is 2.31. The van der Waals surface area contributed by atoms with Crippen LogP contribution in [0.4, 0.5) is 0 Å². The van der Waals surface area contributed by atoms with Crippen LogP contribution in [0.25, 0.3) is 0 Å². The molecule has 1 heterocycles. The molecule has 0 aliphatic carbocycles. The number of ether oxygens (including phenoxy) is 2. The zero-order chi connectivity index (χ0) is 21.2. The van der Waals surface area contributed by atoms with E-state index in [1.54, 1.807) is 27.7 Å². The smallest absolute Gasteiger partial charge is 0.374 e. The van der Waals surface area contributed by atoms with Crippen molar-refractivity contribution < 1.29 is 37.1 Å². The minimum Gasteiger partial charge on any atom is -0.465 e. The van der Waals surface area contributed by atoms with Gasteiger partial charge in [0, 0.05) is 6.42 Å². The molecule has 0 N–H and O–H groups in total. The lowest BCUT2D eigenvalue weighted by atomic mass is 10.0. The van der Waals surface area contributed by atoms with Gasteiger partial charge in [0.15, 0.2) is 0 Å². The molecule has 0 aliphatic heterocycles. The Labute approximate surface area is 164 Å². The molecule has 0 bridgehead atoms. The van der Waals surface area contributed by atoms with Crippen LogP contribution in [0, 0.1) is 17.2 Å². The molecule has 0 aromatic carbocycles. The molecular formula is C18H26NO8P. The van der Waals surface area contributed by atoms with Crippen molar-refractivity contribution in [2.24, 2.45) is 5.92 Å². The lowest BCUT2D eigenvalue weighted by Gasteiger charge is -2.16. The molecule has 0 spiro atoms. The lowest BCUT2D eigenvalue weighted by Crippen LogP contribution is -2.18. The molecule has 10 heteroatoms. The van der Waals surface area contributed by atoms with E-state index in [-0.39, 0.29) is 50.5 Å². The Morgan fingerprint density at radius 2 is 1.71 bits per heavy atom. The van der Waals surface area contributed by atoms with Crippen LogP contribution in [0.15, 0.2) is 10.5 Å². The highest BCUT2D eigenvalue weighted by atomic mass is 31.2. The molecule has 1 aromatic heterocycles. The normalized spacial score (nSPS) is 12.2. The van der Waals surface area contributed by atoms with E-state index in [2.05, 4.69) is 0 Å². The van der Waals surface area contributed by atoms with Gasteiger partial charge < -0.3 is 22.9 Å². The van der Waals surface area contributed by atoms with Crippen molar-refractivity contribution in [2.75, 3.05) is 26.4 Å². The van der Waals surface area contributed by atoms with Gasteiger partial charge >= 0.3 is 19.5 Å². The summed E-state index contributed by atoms with van der Waals surface area (Å²) in [5.74, 6) is -2.48. The van der Waals surface area contributed by atoms with Gasteiger partial charge in [-0.05, 0) is 39.3 Å². The molecule has 0 saturated heterocycles. The summed E-state index contributed by atoms with van der Waals surface area (Å²) in [6.45, 7) is 7.21. The summed E-state index contributed by atoms with van der Waals surface area (Å²) in [6.07, 6.45) is -0.323. The monoisotopic (exact) mass is 415 g/mol. The summed E-state index contributed by atoms with van der Waals surface area (Å²) >= 11 is 0. The van der Waals surface area contributed by atoms with Gasteiger partial charge in [-0.3, -0.25) is 9.36 Å². The second-order valence-corrected chi connectivity index (χ2v) is 7.58. The Morgan fingerprint density at radius 1 is 1.11 bits per heavy atom. The van der Waals surface area contributed by atoms with Crippen LogP contribution in [0.1, 0.15) is 49.6 Å². The van der Waals surface area contributed by atoms with Crippen LogP contribution in [-0.2, 0) is 40.5 Å². The first-order valence-electron chi connectivity index (χ1n) is 9.07. The number of carbonyl (C=O) groups excluding carboxylic acids is 2. The van der Waals surface area contributed by atoms with Gasteiger partial charge in [0.05, 0.1) is 32.5 Å². The molecule has 156 valence electrons. The predicted molar refractivity (Wildman–Crippen MR) is 98.7 cm³/mol. The molecule has 0 amide bonds. The van der Waals surface area contributed by atoms with Crippen LogP contribution in [0.2, 0.25) is 0 Å². The van der Waals surface area contributed by atoms with Crippen LogP contribution in [-0.4, -0.2) is 38.4 Å². The van der Waals surface area contributed by atoms with E-state index in [1.807, 2.05) is 6.07 Å².